The molecule has 0 N–H and O–H groups in total. The fourth-order valence-corrected chi connectivity index (χ4v) is 4.91. The van der Waals surface area contributed by atoms with Crippen molar-refractivity contribution < 1.29 is 14.0 Å². The van der Waals surface area contributed by atoms with Crippen molar-refractivity contribution in [3.05, 3.63) is 95.1 Å². The Morgan fingerprint density at radius 2 is 1.50 bits per heavy atom. The second-order valence-corrected chi connectivity index (χ2v) is 9.27. The molecule has 3 aromatic carbocycles. The van der Waals surface area contributed by atoms with E-state index in [9.17, 15) is 9.59 Å². The molecule has 0 radical (unpaired) electrons. The van der Waals surface area contributed by atoms with E-state index in [1.54, 1.807) is 0 Å². The predicted octanol–water partition coefficient (Wildman–Crippen LogP) is 5.03. The summed E-state index contributed by atoms with van der Waals surface area (Å²) in [7, 11) is 0. The topological polar surface area (TPSA) is 66.7 Å². The van der Waals surface area contributed by atoms with Gasteiger partial charge in [-0.2, -0.15) is 0 Å². The van der Waals surface area contributed by atoms with E-state index >= 15 is 0 Å². The molecule has 6 nitrogen and oxygen atoms in total. The number of nitrogens with zero attached hydrogens (tertiary/aromatic N) is 3. The van der Waals surface area contributed by atoms with E-state index in [1.807, 2.05) is 89.5 Å². The number of thioether (sulfide) groups is 1. The van der Waals surface area contributed by atoms with Crippen LogP contribution in [-0.2, 0) is 5.75 Å². The molecule has 0 unspecified atom stereocenters. The summed E-state index contributed by atoms with van der Waals surface area (Å²) >= 11 is 1.48. The maximum Gasteiger partial charge on any atom is 0.257 e. The third kappa shape index (κ3) is 4.70. The van der Waals surface area contributed by atoms with Gasteiger partial charge in [-0.05, 0) is 42.8 Å². The summed E-state index contributed by atoms with van der Waals surface area (Å²) in [4.78, 5) is 34.3. The lowest BCUT2D eigenvalue weighted by Gasteiger charge is -2.35. The van der Waals surface area contributed by atoms with Gasteiger partial charge in [0.05, 0.1) is 0 Å². The molecule has 7 heteroatoms. The number of fused-ring (bicyclic) bond motifs is 1. The Labute approximate surface area is 202 Å². The normalized spacial score (nSPS) is 13.9. The third-order valence-corrected chi connectivity index (χ3v) is 6.90. The Morgan fingerprint density at radius 3 is 2.24 bits per heavy atom. The van der Waals surface area contributed by atoms with Crippen LogP contribution in [0, 0.1) is 6.92 Å². The molecule has 1 aliphatic heterocycles. The minimum absolute atomic E-state index is 0.00352. The molecule has 1 fully saturated rings. The number of piperazine rings is 1. The number of aryl methyl sites for hydroxylation is 1. The van der Waals surface area contributed by atoms with Gasteiger partial charge in [0, 0.05) is 43.1 Å². The van der Waals surface area contributed by atoms with E-state index in [2.05, 4.69) is 4.98 Å². The van der Waals surface area contributed by atoms with Gasteiger partial charge in [0.25, 0.3) is 17.0 Å². The second-order valence-electron chi connectivity index (χ2n) is 8.34. The molecule has 172 valence electrons. The van der Waals surface area contributed by atoms with E-state index in [-0.39, 0.29) is 11.8 Å². The Balaban J connectivity index is 1.23. The number of hydrogen-bond donors (Lipinski definition) is 0. The van der Waals surface area contributed by atoms with E-state index in [1.165, 1.54) is 11.8 Å². The van der Waals surface area contributed by atoms with Gasteiger partial charge in [-0.15, -0.1) is 0 Å². The zero-order chi connectivity index (χ0) is 23.5. The Morgan fingerprint density at radius 1 is 0.853 bits per heavy atom. The summed E-state index contributed by atoms with van der Waals surface area (Å²) in [5.74, 6) is 0.596. The second kappa shape index (κ2) is 9.73. The number of rotatable bonds is 5. The quantitative estimate of drug-likeness (QED) is 0.382. The molecule has 2 heterocycles. The fourth-order valence-electron chi connectivity index (χ4n) is 4.07. The summed E-state index contributed by atoms with van der Waals surface area (Å²) < 4.78 is 5.80. The van der Waals surface area contributed by atoms with Gasteiger partial charge >= 0.3 is 0 Å². The van der Waals surface area contributed by atoms with Crippen molar-refractivity contribution >= 4 is 34.7 Å². The van der Waals surface area contributed by atoms with Crippen LogP contribution >= 0.6 is 11.8 Å². The van der Waals surface area contributed by atoms with E-state index in [4.69, 9.17) is 4.42 Å². The Bertz CT molecular complexity index is 1290. The zero-order valence-corrected chi connectivity index (χ0v) is 19.8. The molecule has 34 heavy (non-hydrogen) atoms. The van der Waals surface area contributed by atoms with Crippen molar-refractivity contribution in [2.45, 2.75) is 17.9 Å². The lowest BCUT2D eigenvalue weighted by Crippen LogP contribution is -2.50. The van der Waals surface area contributed by atoms with Crippen molar-refractivity contribution in [2.75, 3.05) is 26.2 Å². The SMILES string of the molecule is Cc1ccc(C(=O)N2CCN(C(=O)c3ccccc3CSc3nc4ccccc4o3)CC2)cc1. The smallest absolute Gasteiger partial charge is 0.257 e. The molecular weight excluding hydrogens is 446 g/mol. The van der Waals surface area contributed by atoms with Gasteiger partial charge in [-0.3, -0.25) is 9.59 Å². The first kappa shape index (κ1) is 22.2. The van der Waals surface area contributed by atoms with Gasteiger partial charge in [-0.25, -0.2) is 4.98 Å². The van der Waals surface area contributed by atoms with Crippen molar-refractivity contribution in [1.29, 1.82) is 0 Å². The van der Waals surface area contributed by atoms with Crippen LogP contribution < -0.4 is 0 Å². The number of carbonyl (C=O) groups excluding carboxylic acids is 2. The molecular formula is C27H25N3O3S. The highest BCUT2D eigenvalue weighted by Crippen LogP contribution is 2.28. The van der Waals surface area contributed by atoms with Crippen LogP contribution in [0.15, 0.2) is 82.4 Å². The third-order valence-electron chi connectivity index (χ3n) is 6.03. The Kier molecular flexibility index (Phi) is 6.36. The maximum atomic E-state index is 13.3. The molecule has 4 aromatic rings. The maximum absolute atomic E-state index is 13.3. The van der Waals surface area contributed by atoms with Crippen LogP contribution in [0.25, 0.3) is 11.1 Å². The first-order valence-corrected chi connectivity index (χ1v) is 12.3. The van der Waals surface area contributed by atoms with Gasteiger partial charge < -0.3 is 14.2 Å². The minimum atomic E-state index is -0.00352. The molecule has 0 saturated carbocycles. The molecule has 0 bridgehead atoms. The largest absolute Gasteiger partial charge is 0.431 e. The van der Waals surface area contributed by atoms with Gasteiger partial charge in [0.2, 0.25) is 0 Å². The number of amides is 2. The highest BCUT2D eigenvalue weighted by molar-refractivity contribution is 7.98. The number of aromatic nitrogens is 1. The zero-order valence-electron chi connectivity index (χ0n) is 18.9. The number of oxazole rings is 1. The van der Waals surface area contributed by atoms with Crippen molar-refractivity contribution in [2.24, 2.45) is 0 Å². The van der Waals surface area contributed by atoms with Gasteiger partial charge in [0.15, 0.2) is 5.58 Å². The van der Waals surface area contributed by atoms with Crippen LogP contribution in [-0.4, -0.2) is 52.8 Å². The summed E-state index contributed by atoms with van der Waals surface area (Å²) in [6, 6.07) is 23.0. The fraction of sp³-hybridized carbons (Fsp3) is 0.222. The summed E-state index contributed by atoms with van der Waals surface area (Å²) in [6.07, 6.45) is 0. The molecule has 1 saturated heterocycles. The Hall–Kier alpha value is -3.58. The van der Waals surface area contributed by atoms with Crippen LogP contribution in [0.2, 0.25) is 0 Å². The van der Waals surface area contributed by atoms with Gasteiger partial charge in [0.1, 0.15) is 5.52 Å². The highest BCUT2D eigenvalue weighted by atomic mass is 32.2. The van der Waals surface area contributed by atoms with Crippen LogP contribution in [0.4, 0.5) is 0 Å². The number of para-hydroxylation sites is 2. The highest BCUT2D eigenvalue weighted by Gasteiger charge is 2.26. The standard InChI is InChI=1S/C27H25N3O3S/c1-19-10-12-20(13-11-19)25(31)29-14-16-30(17-15-29)26(32)22-7-3-2-6-21(22)18-34-27-28-23-8-4-5-9-24(23)33-27/h2-13H,14-18H2,1H3. The van der Waals surface area contributed by atoms with Crippen molar-refractivity contribution in [3.8, 4) is 0 Å². The van der Waals surface area contributed by atoms with E-state index in [0.29, 0.717) is 48.3 Å². The molecule has 1 aliphatic rings. The van der Waals surface area contributed by atoms with E-state index < -0.39 is 0 Å². The molecule has 0 atom stereocenters. The molecule has 0 aliphatic carbocycles. The number of carbonyl (C=O) groups is 2. The summed E-state index contributed by atoms with van der Waals surface area (Å²) in [5, 5.41) is 0.590. The molecule has 0 spiro atoms. The lowest BCUT2D eigenvalue weighted by molar-refractivity contribution is 0.0535. The minimum Gasteiger partial charge on any atom is -0.431 e. The first-order valence-electron chi connectivity index (χ1n) is 11.3. The van der Waals surface area contributed by atoms with Crippen LogP contribution in [0.5, 0.6) is 0 Å². The average molecular weight is 472 g/mol. The molecule has 5 rings (SSSR count). The average Bonchev–Trinajstić information content (AvgIpc) is 3.30. The van der Waals surface area contributed by atoms with Crippen LogP contribution in [0.3, 0.4) is 0 Å². The van der Waals surface area contributed by atoms with Crippen molar-refractivity contribution in [1.82, 2.24) is 14.8 Å². The first-order chi connectivity index (χ1) is 16.6. The summed E-state index contributed by atoms with van der Waals surface area (Å²) in [5.41, 5.74) is 5.02. The lowest BCUT2D eigenvalue weighted by atomic mass is 10.1. The molecule has 1 aromatic heterocycles. The predicted molar refractivity (Wildman–Crippen MR) is 133 cm³/mol. The number of hydrogen-bond acceptors (Lipinski definition) is 5. The number of benzene rings is 3. The van der Waals surface area contributed by atoms with Gasteiger partial charge in [-0.1, -0.05) is 59.8 Å². The van der Waals surface area contributed by atoms with Crippen LogP contribution in [0.1, 0.15) is 31.8 Å². The molecule has 2 amide bonds. The van der Waals surface area contributed by atoms with Crippen molar-refractivity contribution in [3.63, 3.8) is 0 Å². The van der Waals surface area contributed by atoms with E-state index in [0.717, 1.165) is 22.2 Å². The summed E-state index contributed by atoms with van der Waals surface area (Å²) in [6.45, 7) is 4.09. The monoisotopic (exact) mass is 471 g/mol.